The summed E-state index contributed by atoms with van der Waals surface area (Å²) in [5.41, 5.74) is 1.35. The summed E-state index contributed by atoms with van der Waals surface area (Å²) in [5, 5.41) is 16.7. The van der Waals surface area contributed by atoms with Gasteiger partial charge in [-0.1, -0.05) is 6.92 Å². The molecule has 2 rings (SSSR count). The van der Waals surface area contributed by atoms with E-state index in [4.69, 9.17) is 0 Å². The van der Waals surface area contributed by atoms with Crippen molar-refractivity contribution in [3.05, 3.63) is 33.9 Å². The Morgan fingerprint density at radius 2 is 2.25 bits per heavy atom. The molecule has 0 spiro atoms. The maximum absolute atomic E-state index is 12.2. The van der Waals surface area contributed by atoms with Gasteiger partial charge in [0.15, 0.2) is 0 Å². The summed E-state index contributed by atoms with van der Waals surface area (Å²) < 4.78 is 0. The van der Waals surface area contributed by atoms with E-state index < -0.39 is 4.92 Å². The molecule has 1 aliphatic heterocycles. The second kappa shape index (κ2) is 6.00. The number of hydrogen-bond acceptors (Lipinski definition) is 4. The number of non-ortho nitro benzene ring substituents is 1. The number of rotatable bonds is 3. The second-order valence-corrected chi connectivity index (χ2v) is 5.38. The molecule has 0 aliphatic carbocycles. The molecule has 1 amide bonds. The summed E-state index contributed by atoms with van der Waals surface area (Å²) >= 11 is 0. The molecule has 0 radical (unpaired) electrons. The van der Waals surface area contributed by atoms with Crippen molar-refractivity contribution >= 4 is 17.3 Å². The van der Waals surface area contributed by atoms with Crippen molar-refractivity contribution in [3.63, 3.8) is 0 Å². The lowest BCUT2D eigenvalue weighted by molar-refractivity contribution is -0.384. The topological polar surface area (TPSA) is 84.3 Å². The minimum absolute atomic E-state index is 0.0323. The number of carbonyl (C=O) groups is 1. The van der Waals surface area contributed by atoms with Crippen molar-refractivity contribution in [2.75, 3.05) is 11.9 Å². The Hall–Kier alpha value is -1.95. The van der Waals surface area contributed by atoms with E-state index in [1.807, 2.05) is 0 Å². The number of nitro benzene ring substituents is 1. The third kappa shape index (κ3) is 3.33. The minimum Gasteiger partial charge on any atom is -0.324 e. The summed E-state index contributed by atoms with van der Waals surface area (Å²) in [5.74, 6) is 0.457. The van der Waals surface area contributed by atoms with Crippen LogP contribution in [0.25, 0.3) is 0 Å². The van der Waals surface area contributed by atoms with Crippen molar-refractivity contribution in [1.29, 1.82) is 0 Å². The van der Waals surface area contributed by atoms with Gasteiger partial charge in [0.05, 0.1) is 11.0 Å². The molecule has 1 heterocycles. The predicted molar refractivity (Wildman–Crippen MR) is 76.7 cm³/mol. The van der Waals surface area contributed by atoms with E-state index in [-0.39, 0.29) is 17.6 Å². The molecular weight excluding hydrogens is 258 g/mol. The zero-order valence-corrected chi connectivity index (χ0v) is 11.7. The highest BCUT2D eigenvalue weighted by Gasteiger charge is 2.24. The van der Waals surface area contributed by atoms with Gasteiger partial charge in [-0.05, 0) is 43.9 Å². The van der Waals surface area contributed by atoms with E-state index >= 15 is 0 Å². The number of nitrogens with zero attached hydrogens (tertiary/aromatic N) is 1. The molecule has 0 saturated carbocycles. The number of aryl methyl sites for hydroxylation is 1. The van der Waals surface area contributed by atoms with E-state index in [1.54, 1.807) is 13.0 Å². The van der Waals surface area contributed by atoms with Crippen LogP contribution in [0.5, 0.6) is 0 Å². The van der Waals surface area contributed by atoms with Gasteiger partial charge in [-0.3, -0.25) is 14.9 Å². The molecule has 108 valence electrons. The summed E-state index contributed by atoms with van der Waals surface area (Å²) in [6, 6.07) is 4.26. The van der Waals surface area contributed by atoms with E-state index in [9.17, 15) is 14.9 Å². The maximum Gasteiger partial charge on any atom is 0.269 e. The van der Waals surface area contributed by atoms with Gasteiger partial charge in [0.25, 0.3) is 5.69 Å². The zero-order valence-electron chi connectivity index (χ0n) is 11.7. The van der Waals surface area contributed by atoms with Crippen LogP contribution in [0.15, 0.2) is 18.2 Å². The van der Waals surface area contributed by atoms with Gasteiger partial charge in [-0.15, -0.1) is 0 Å². The molecule has 2 unspecified atom stereocenters. The summed E-state index contributed by atoms with van der Waals surface area (Å²) in [6.45, 7) is 4.73. The highest BCUT2D eigenvalue weighted by molar-refractivity contribution is 5.95. The number of amides is 1. The van der Waals surface area contributed by atoms with Crippen molar-refractivity contribution in [2.45, 2.75) is 32.7 Å². The lowest BCUT2D eigenvalue weighted by Crippen LogP contribution is -2.45. The minimum atomic E-state index is -0.441. The van der Waals surface area contributed by atoms with Gasteiger partial charge < -0.3 is 10.6 Å². The second-order valence-electron chi connectivity index (χ2n) is 5.38. The molecule has 1 fully saturated rings. The first-order chi connectivity index (χ1) is 9.47. The van der Waals surface area contributed by atoms with Crippen LogP contribution in [0.3, 0.4) is 0 Å². The van der Waals surface area contributed by atoms with Gasteiger partial charge >= 0.3 is 0 Å². The largest absolute Gasteiger partial charge is 0.324 e. The number of benzene rings is 1. The van der Waals surface area contributed by atoms with Crippen LogP contribution >= 0.6 is 0 Å². The quantitative estimate of drug-likeness (QED) is 0.655. The predicted octanol–water partition coefficient (Wildman–Crippen LogP) is 2.23. The number of nitrogens with one attached hydrogen (secondary N) is 2. The normalized spacial score (nSPS) is 22.3. The average molecular weight is 277 g/mol. The van der Waals surface area contributed by atoms with Crippen LogP contribution in [0, 0.1) is 23.0 Å². The lowest BCUT2D eigenvalue weighted by atomic mass is 9.94. The smallest absolute Gasteiger partial charge is 0.269 e. The summed E-state index contributed by atoms with van der Waals surface area (Å²) in [6.07, 6.45) is 1.90. The van der Waals surface area contributed by atoms with Gasteiger partial charge in [0.1, 0.15) is 0 Å². The molecule has 6 nitrogen and oxygen atoms in total. The van der Waals surface area contributed by atoms with Crippen LogP contribution in [0.2, 0.25) is 0 Å². The number of nitro groups is 1. The van der Waals surface area contributed by atoms with E-state index in [1.165, 1.54) is 12.1 Å². The standard InChI is InChI=1S/C14H19N3O3/c1-9-5-6-15-13(7-9)14(18)16-12-4-3-11(17(19)20)8-10(12)2/h3-4,8-9,13,15H,5-7H2,1-2H3,(H,16,18). The Morgan fingerprint density at radius 3 is 2.85 bits per heavy atom. The SMILES string of the molecule is Cc1cc([N+](=O)[O-])ccc1NC(=O)C1CC(C)CCN1. The molecule has 0 bridgehead atoms. The van der Waals surface area contributed by atoms with E-state index in [0.29, 0.717) is 17.2 Å². The number of carbonyl (C=O) groups excluding carboxylic acids is 1. The Bertz CT molecular complexity index is 530. The number of anilines is 1. The fourth-order valence-electron chi connectivity index (χ4n) is 2.43. The van der Waals surface area contributed by atoms with Crippen molar-refractivity contribution < 1.29 is 9.72 Å². The fraction of sp³-hybridized carbons (Fsp3) is 0.500. The molecule has 1 aliphatic rings. The Labute approximate surface area is 117 Å². The van der Waals surface area contributed by atoms with Gasteiger partial charge in [0, 0.05) is 17.8 Å². The van der Waals surface area contributed by atoms with Crippen molar-refractivity contribution in [3.8, 4) is 0 Å². The molecular formula is C14H19N3O3. The van der Waals surface area contributed by atoms with Crippen LogP contribution in [-0.2, 0) is 4.79 Å². The van der Waals surface area contributed by atoms with Gasteiger partial charge in [0.2, 0.25) is 5.91 Å². The fourth-order valence-corrected chi connectivity index (χ4v) is 2.43. The molecule has 1 aromatic rings. The monoisotopic (exact) mass is 277 g/mol. The molecule has 1 saturated heterocycles. The third-order valence-electron chi connectivity index (χ3n) is 3.66. The first-order valence-electron chi connectivity index (χ1n) is 6.76. The molecule has 2 N–H and O–H groups in total. The van der Waals surface area contributed by atoms with Crippen LogP contribution < -0.4 is 10.6 Å². The highest BCUT2D eigenvalue weighted by Crippen LogP contribution is 2.22. The van der Waals surface area contributed by atoms with Crippen LogP contribution in [0.1, 0.15) is 25.3 Å². The molecule has 0 aromatic heterocycles. The maximum atomic E-state index is 12.2. The van der Waals surface area contributed by atoms with E-state index in [2.05, 4.69) is 17.6 Å². The average Bonchev–Trinajstić information content (AvgIpc) is 2.40. The van der Waals surface area contributed by atoms with Crippen molar-refractivity contribution in [2.24, 2.45) is 5.92 Å². The van der Waals surface area contributed by atoms with Gasteiger partial charge in [-0.2, -0.15) is 0 Å². The molecule has 6 heteroatoms. The highest BCUT2D eigenvalue weighted by atomic mass is 16.6. The van der Waals surface area contributed by atoms with E-state index in [0.717, 1.165) is 19.4 Å². The summed E-state index contributed by atoms with van der Waals surface area (Å²) in [4.78, 5) is 22.4. The first kappa shape index (κ1) is 14.5. The lowest BCUT2D eigenvalue weighted by Gasteiger charge is -2.27. The number of piperidine rings is 1. The number of hydrogen-bond donors (Lipinski definition) is 2. The van der Waals surface area contributed by atoms with Crippen LogP contribution in [0.4, 0.5) is 11.4 Å². The Morgan fingerprint density at radius 1 is 1.50 bits per heavy atom. The Balaban J connectivity index is 2.06. The summed E-state index contributed by atoms with van der Waals surface area (Å²) in [7, 11) is 0. The van der Waals surface area contributed by atoms with Crippen LogP contribution in [-0.4, -0.2) is 23.4 Å². The molecule has 2 atom stereocenters. The van der Waals surface area contributed by atoms with Crippen molar-refractivity contribution in [1.82, 2.24) is 5.32 Å². The molecule has 1 aromatic carbocycles. The Kier molecular flexibility index (Phi) is 4.34. The first-order valence-corrected chi connectivity index (χ1v) is 6.76. The molecule has 20 heavy (non-hydrogen) atoms. The van der Waals surface area contributed by atoms with Gasteiger partial charge in [-0.25, -0.2) is 0 Å². The third-order valence-corrected chi connectivity index (χ3v) is 3.66. The zero-order chi connectivity index (χ0) is 14.7.